The first-order valence-corrected chi connectivity index (χ1v) is 10.7. The van der Waals surface area contributed by atoms with E-state index in [1.165, 1.54) is 12.1 Å². The average molecular weight is 459 g/mol. The van der Waals surface area contributed by atoms with Gasteiger partial charge in [-0.25, -0.2) is 4.39 Å². The van der Waals surface area contributed by atoms with Gasteiger partial charge in [0.05, 0.1) is 16.8 Å². The maximum absolute atomic E-state index is 13.4. The van der Waals surface area contributed by atoms with Gasteiger partial charge < -0.3 is 15.2 Å². The number of carbonyl (C=O) groups excluding carboxylic acids is 1. The lowest BCUT2D eigenvalue weighted by Crippen LogP contribution is -2.27. The first-order valence-electron chi connectivity index (χ1n) is 10.3. The molecule has 3 aromatic rings. The van der Waals surface area contributed by atoms with Crippen molar-refractivity contribution in [1.29, 1.82) is 0 Å². The molecule has 0 radical (unpaired) electrons. The molecule has 0 spiro atoms. The summed E-state index contributed by atoms with van der Waals surface area (Å²) < 4.78 is 21.2. The van der Waals surface area contributed by atoms with Crippen molar-refractivity contribution in [2.24, 2.45) is 7.05 Å². The molecule has 1 aliphatic heterocycles. The molecule has 0 saturated carbocycles. The van der Waals surface area contributed by atoms with E-state index in [4.69, 9.17) is 16.3 Å². The number of nitrogens with zero attached hydrogens (tertiary/aromatic N) is 3. The molecule has 32 heavy (non-hydrogen) atoms. The van der Waals surface area contributed by atoms with Gasteiger partial charge >= 0.3 is 0 Å². The van der Waals surface area contributed by atoms with Crippen molar-refractivity contribution in [2.75, 3.05) is 31.6 Å². The first-order chi connectivity index (χ1) is 15.4. The lowest BCUT2D eigenvalue weighted by Gasteiger charge is -2.18. The number of ether oxygens (including phenoxy) is 1. The number of aryl methyl sites for hydroxylation is 1. The second-order valence-electron chi connectivity index (χ2n) is 7.73. The van der Waals surface area contributed by atoms with Crippen LogP contribution in [0.5, 0.6) is 5.75 Å². The smallest absolute Gasteiger partial charge is 0.255 e. The van der Waals surface area contributed by atoms with Crippen LogP contribution in [0.2, 0.25) is 5.02 Å². The number of benzene rings is 2. The van der Waals surface area contributed by atoms with E-state index in [1.807, 2.05) is 19.2 Å². The van der Waals surface area contributed by atoms with Gasteiger partial charge in [0.1, 0.15) is 18.2 Å². The zero-order valence-electron chi connectivity index (χ0n) is 17.6. The van der Waals surface area contributed by atoms with Crippen molar-refractivity contribution >= 4 is 23.2 Å². The molecule has 168 valence electrons. The lowest BCUT2D eigenvalue weighted by atomic mass is 10.1. The van der Waals surface area contributed by atoms with E-state index in [0.29, 0.717) is 31.1 Å². The Morgan fingerprint density at radius 1 is 1.31 bits per heavy atom. The minimum Gasteiger partial charge on any atom is -0.492 e. The molecular formula is C23H24ClFN4O3. The van der Waals surface area contributed by atoms with Gasteiger partial charge in [-0.1, -0.05) is 11.6 Å². The summed E-state index contributed by atoms with van der Waals surface area (Å²) in [5.74, 6) is -0.313. The van der Waals surface area contributed by atoms with Crippen LogP contribution in [0.3, 0.4) is 0 Å². The van der Waals surface area contributed by atoms with Crippen LogP contribution in [-0.4, -0.2) is 58.0 Å². The molecule has 1 saturated heterocycles. The monoisotopic (exact) mass is 458 g/mol. The number of amides is 1. The number of anilines is 1. The Morgan fingerprint density at radius 2 is 2.16 bits per heavy atom. The molecule has 1 aromatic heterocycles. The maximum Gasteiger partial charge on any atom is 0.255 e. The van der Waals surface area contributed by atoms with Crippen molar-refractivity contribution in [2.45, 2.75) is 12.5 Å². The number of hydrogen-bond acceptors (Lipinski definition) is 5. The SMILES string of the molecule is Cn1nccc1-c1cc(NC(=O)c2ccc(F)c(Cl)c2)ccc1OCCN1CC[C@H](O)C1. The van der Waals surface area contributed by atoms with Crippen LogP contribution < -0.4 is 10.1 Å². The zero-order chi connectivity index (χ0) is 22.7. The number of carbonyl (C=O) groups is 1. The largest absolute Gasteiger partial charge is 0.492 e. The Bertz CT molecular complexity index is 1120. The van der Waals surface area contributed by atoms with Gasteiger partial charge in [0.15, 0.2) is 0 Å². The summed E-state index contributed by atoms with van der Waals surface area (Å²) in [4.78, 5) is 14.8. The Kier molecular flexibility index (Phi) is 6.74. The fraction of sp³-hybridized carbons (Fsp3) is 0.304. The Labute approximate surface area is 190 Å². The average Bonchev–Trinajstić information content (AvgIpc) is 3.38. The molecule has 1 aliphatic rings. The second-order valence-corrected chi connectivity index (χ2v) is 8.13. The first kappa shape index (κ1) is 22.3. The summed E-state index contributed by atoms with van der Waals surface area (Å²) >= 11 is 5.80. The van der Waals surface area contributed by atoms with Gasteiger partial charge in [0, 0.05) is 49.7 Å². The molecule has 0 unspecified atom stereocenters. The molecule has 7 nitrogen and oxygen atoms in total. The molecular weight excluding hydrogens is 435 g/mol. The Hall–Kier alpha value is -2.94. The van der Waals surface area contributed by atoms with Crippen LogP contribution in [0.25, 0.3) is 11.3 Å². The highest BCUT2D eigenvalue weighted by Gasteiger charge is 2.20. The molecule has 1 fully saturated rings. The van der Waals surface area contributed by atoms with E-state index < -0.39 is 11.7 Å². The predicted octanol–water partition coefficient (Wildman–Crippen LogP) is 3.58. The van der Waals surface area contributed by atoms with Gasteiger partial charge in [0.2, 0.25) is 0 Å². The molecule has 1 atom stereocenters. The van der Waals surface area contributed by atoms with E-state index in [1.54, 1.807) is 23.0 Å². The maximum atomic E-state index is 13.4. The van der Waals surface area contributed by atoms with Crippen molar-refractivity contribution < 1.29 is 19.0 Å². The van der Waals surface area contributed by atoms with Crippen LogP contribution >= 0.6 is 11.6 Å². The predicted molar refractivity (Wildman–Crippen MR) is 121 cm³/mol. The number of rotatable bonds is 7. The highest BCUT2D eigenvalue weighted by Crippen LogP contribution is 2.33. The van der Waals surface area contributed by atoms with Crippen molar-refractivity contribution in [3.63, 3.8) is 0 Å². The topological polar surface area (TPSA) is 79.6 Å². The van der Waals surface area contributed by atoms with Gasteiger partial charge in [-0.05, 0) is 48.9 Å². The van der Waals surface area contributed by atoms with E-state index >= 15 is 0 Å². The summed E-state index contributed by atoms with van der Waals surface area (Å²) in [6.45, 7) is 2.71. The van der Waals surface area contributed by atoms with Crippen LogP contribution in [0.15, 0.2) is 48.7 Å². The van der Waals surface area contributed by atoms with Crippen LogP contribution in [0, 0.1) is 5.82 Å². The number of halogens is 2. The summed E-state index contributed by atoms with van der Waals surface area (Å²) in [6, 6.07) is 11.1. The Morgan fingerprint density at radius 3 is 2.84 bits per heavy atom. The second kappa shape index (κ2) is 9.68. The molecule has 1 amide bonds. The summed E-state index contributed by atoms with van der Waals surface area (Å²) in [5, 5.41) is 16.6. The molecule has 9 heteroatoms. The van der Waals surface area contributed by atoms with Gasteiger partial charge in [-0.2, -0.15) is 5.10 Å². The highest BCUT2D eigenvalue weighted by atomic mass is 35.5. The molecule has 0 bridgehead atoms. The minimum absolute atomic E-state index is 0.109. The Balaban J connectivity index is 1.52. The zero-order valence-corrected chi connectivity index (χ0v) is 18.3. The quantitative estimate of drug-likeness (QED) is 0.565. The summed E-state index contributed by atoms with van der Waals surface area (Å²) in [5.41, 5.74) is 2.42. The molecule has 2 N–H and O–H groups in total. The van der Waals surface area contributed by atoms with E-state index in [-0.39, 0.29) is 16.7 Å². The summed E-state index contributed by atoms with van der Waals surface area (Å²) in [7, 11) is 1.83. The lowest BCUT2D eigenvalue weighted by molar-refractivity contribution is 0.102. The minimum atomic E-state index is -0.577. The molecule has 0 aliphatic carbocycles. The highest BCUT2D eigenvalue weighted by molar-refractivity contribution is 6.31. The molecule has 4 rings (SSSR count). The number of β-amino-alcohol motifs (C(OH)–C–C–N with tert-alkyl or cyclic N) is 1. The number of aliphatic hydroxyl groups is 1. The third kappa shape index (κ3) is 5.09. The van der Waals surface area contributed by atoms with E-state index in [2.05, 4.69) is 15.3 Å². The molecule has 2 heterocycles. The third-order valence-corrected chi connectivity index (χ3v) is 5.72. The fourth-order valence-corrected chi connectivity index (χ4v) is 3.89. The van der Waals surface area contributed by atoms with Crippen molar-refractivity contribution in [3.8, 4) is 17.0 Å². The van der Waals surface area contributed by atoms with Crippen LogP contribution in [0.1, 0.15) is 16.8 Å². The van der Waals surface area contributed by atoms with Crippen molar-refractivity contribution in [1.82, 2.24) is 14.7 Å². The number of nitrogens with one attached hydrogen (secondary N) is 1. The van der Waals surface area contributed by atoms with Gasteiger partial charge in [0.25, 0.3) is 5.91 Å². The van der Waals surface area contributed by atoms with Crippen LogP contribution in [0.4, 0.5) is 10.1 Å². The number of hydrogen-bond donors (Lipinski definition) is 2. The fourth-order valence-electron chi connectivity index (χ4n) is 3.71. The number of likely N-dealkylation sites (tertiary alicyclic amines) is 1. The van der Waals surface area contributed by atoms with Gasteiger partial charge in [-0.3, -0.25) is 14.4 Å². The number of aromatic nitrogens is 2. The van der Waals surface area contributed by atoms with Gasteiger partial charge in [-0.15, -0.1) is 0 Å². The van der Waals surface area contributed by atoms with Crippen molar-refractivity contribution in [3.05, 3.63) is 65.1 Å². The molecule has 2 aromatic carbocycles. The van der Waals surface area contributed by atoms with E-state index in [0.717, 1.165) is 30.3 Å². The standard InChI is InChI=1S/C23H24ClFN4O3/c1-28-21(6-8-26-28)18-13-16(27-23(31)15-2-4-20(25)19(24)12-15)3-5-22(18)32-11-10-29-9-7-17(30)14-29/h2-6,8,12-13,17,30H,7,9-11,14H2,1H3,(H,27,31)/t17-/m0/s1. The normalized spacial score (nSPS) is 16.3. The third-order valence-electron chi connectivity index (χ3n) is 5.43. The van der Waals surface area contributed by atoms with E-state index in [9.17, 15) is 14.3 Å². The summed E-state index contributed by atoms with van der Waals surface area (Å²) in [6.07, 6.45) is 2.21. The van der Waals surface area contributed by atoms with Crippen LogP contribution in [-0.2, 0) is 7.05 Å². The number of aliphatic hydroxyl groups excluding tert-OH is 1.